The monoisotopic (exact) mass is 418 g/mol. The maximum Gasteiger partial charge on any atom is 0.257 e. The first-order chi connectivity index (χ1) is 12.5. The molecule has 1 aliphatic rings. The summed E-state index contributed by atoms with van der Waals surface area (Å²) >= 11 is 3.26. The number of halogens is 1. The second-order valence-corrected chi connectivity index (χ2v) is 7.29. The van der Waals surface area contributed by atoms with Crippen molar-refractivity contribution in [2.24, 2.45) is 0 Å². The molecule has 0 radical (unpaired) electrons. The van der Waals surface area contributed by atoms with E-state index in [4.69, 9.17) is 9.83 Å². The lowest BCUT2D eigenvalue weighted by molar-refractivity contribution is 0.0922. The van der Waals surface area contributed by atoms with Gasteiger partial charge in [-0.25, -0.2) is 0 Å². The van der Waals surface area contributed by atoms with Crippen molar-refractivity contribution >= 4 is 27.6 Å². The van der Waals surface area contributed by atoms with Crippen LogP contribution in [0.1, 0.15) is 58.4 Å². The predicted molar refractivity (Wildman–Crippen MR) is 98.1 cm³/mol. The molecule has 0 unspecified atom stereocenters. The largest absolute Gasteiger partial charge is 0.507 e. The zero-order chi connectivity index (χ0) is 18.7. The maximum atomic E-state index is 12.7. The molecule has 3 rings (SSSR count). The van der Waals surface area contributed by atoms with Crippen LogP contribution in [0.25, 0.3) is 0 Å². The van der Waals surface area contributed by atoms with Crippen LogP contribution in [0.2, 0.25) is 0 Å². The third kappa shape index (κ3) is 4.04. The van der Waals surface area contributed by atoms with E-state index < -0.39 is 11.7 Å². The van der Waals surface area contributed by atoms with Gasteiger partial charge in [-0.15, -0.1) is 0 Å². The molecule has 1 amide bonds. The van der Waals surface area contributed by atoms with Crippen LogP contribution in [0.4, 0.5) is 0 Å². The molecule has 0 bridgehead atoms. The number of carbonyl (C=O) groups excluding carboxylic acids is 2. The van der Waals surface area contributed by atoms with Gasteiger partial charge in [0, 0.05) is 10.5 Å². The standard InChI is InChI=1S/C19H19BrN2O4/c20-12-6-7-16(23)14(9-12)17(24)11-8-15(18(21)26-10-11)19(25)22-13-4-2-1-3-5-13/h6-10,13,21,23H,1-5H2,(H,22,25). The van der Waals surface area contributed by atoms with Crippen molar-refractivity contribution in [2.45, 2.75) is 38.1 Å². The summed E-state index contributed by atoms with van der Waals surface area (Å²) in [6.45, 7) is 0. The first-order valence-electron chi connectivity index (χ1n) is 8.47. The zero-order valence-electron chi connectivity index (χ0n) is 14.0. The molecule has 1 fully saturated rings. The molecule has 7 heteroatoms. The zero-order valence-corrected chi connectivity index (χ0v) is 15.6. The number of nitrogens with one attached hydrogen (secondary N) is 2. The highest BCUT2D eigenvalue weighted by molar-refractivity contribution is 9.10. The summed E-state index contributed by atoms with van der Waals surface area (Å²) < 4.78 is 5.75. The molecule has 0 aliphatic heterocycles. The van der Waals surface area contributed by atoms with E-state index in [0.717, 1.165) is 31.9 Å². The fourth-order valence-corrected chi connectivity index (χ4v) is 3.45. The molecule has 1 saturated carbocycles. The van der Waals surface area contributed by atoms with Crippen LogP contribution in [-0.4, -0.2) is 22.8 Å². The third-order valence-electron chi connectivity index (χ3n) is 4.50. The van der Waals surface area contributed by atoms with Gasteiger partial charge in [-0.1, -0.05) is 35.2 Å². The smallest absolute Gasteiger partial charge is 0.257 e. The van der Waals surface area contributed by atoms with E-state index in [0.29, 0.717) is 4.47 Å². The van der Waals surface area contributed by atoms with Gasteiger partial charge in [0.05, 0.1) is 11.1 Å². The molecule has 0 saturated heterocycles. The van der Waals surface area contributed by atoms with E-state index in [-0.39, 0.29) is 34.0 Å². The first kappa shape index (κ1) is 18.4. The molecule has 2 aromatic rings. The van der Waals surface area contributed by atoms with Crippen molar-refractivity contribution in [3.8, 4) is 5.75 Å². The Morgan fingerprint density at radius 1 is 1.15 bits per heavy atom. The number of carbonyl (C=O) groups is 2. The second kappa shape index (κ2) is 7.86. The average molecular weight is 419 g/mol. The minimum Gasteiger partial charge on any atom is -0.507 e. The Hall–Kier alpha value is -2.41. The quantitative estimate of drug-likeness (QED) is 0.660. The number of aromatic hydroxyl groups is 1. The van der Waals surface area contributed by atoms with Crippen LogP contribution in [0.5, 0.6) is 5.75 Å². The highest BCUT2D eigenvalue weighted by Gasteiger charge is 2.21. The Morgan fingerprint density at radius 3 is 2.62 bits per heavy atom. The van der Waals surface area contributed by atoms with Crippen LogP contribution >= 0.6 is 15.9 Å². The van der Waals surface area contributed by atoms with Gasteiger partial charge in [-0.05, 0) is 37.1 Å². The van der Waals surface area contributed by atoms with Gasteiger partial charge in [0.1, 0.15) is 17.6 Å². The molecular weight excluding hydrogens is 400 g/mol. The van der Waals surface area contributed by atoms with Crippen LogP contribution < -0.4 is 10.9 Å². The minimum absolute atomic E-state index is 0.0101. The number of benzene rings is 1. The van der Waals surface area contributed by atoms with Gasteiger partial charge in [0.15, 0.2) is 5.78 Å². The molecule has 1 aromatic carbocycles. The first-order valence-corrected chi connectivity index (χ1v) is 9.26. The Bertz CT molecular complexity index is 901. The van der Waals surface area contributed by atoms with Crippen molar-refractivity contribution in [1.82, 2.24) is 5.32 Å². The SMILES string of the molecule is N=c1occ(C(=O)c2cc(Br)ccc2O)cc1C(=O)NC1CCCCC1. The Balaban J connectivity index is 1.87. The summed E-state index contributed by atoms with van der Waals surface area (Å²) in [5, 5.41) is 20.7. The molecule has 1 aromatic heterocycles. The molecule has 1 aliphatic carbocycles. The molecule has 0 spiro atoms. The van der Waals surface area contributed by atoms with E-state index in [2.05, 4.69) is 21.2 Å². The number of hydrogen-bond acceptors (Lipinski definition) is 5. The molecule has 136 valence electrons. The van der Waals surface area contributed by atoms with Gasteiger partial charge in [0.2, 0.25) is 5.55 Å². The molecule has 0 atom stereocenters. The number of phenolic OH excluding ortho intramolecular Hbond substituents is 1. The fraction of sp³-hybridized carbons (Fsp3) is 0.316. The lowest BCUT2D eigenvalue weighted by Crippen LogP contribution is -2.38. The second-order valence-electron chi connectivity index (χ2n) is 6.38. The highest BCUT2D eigenvalue weighted by atomic mass is 79.9. The van der Waals surface area contributed by atoms with Crippen molar-refractivity contribution in [3.63, 3.8) is 0 Å². The van der Waals surface area contributed by atoms with Crippen LogP contribution in [0, 0.1) is 5.41 Å². The lowest BCUT2D eigenvalue weighted by Gasteiger charge is -2.22. The number of ketones is 1. The van der Waals surface area contributed by atoms with Crippen molar-refractivity contribution in [3.05, 3.63) is 57.2 Å². The fourth-order valence-electron chi connectivity index (χ4n) is 3.08. The van der Waals surface area contributed by atoms with E-state index in [1.54, 1.807) is 6.07 Å². The molecule has 3 N–H and O–H groups in total. The van der Waals surface area contributed by atoms with Crippen molar-refractivity contribution in [1.29, 1.82) is 5.41 Å². The topological polar surface area (TPSA) is 103 Å². The van der Waals surface area contributed by atoms with Crippen molar-refractivity contribution in [2.75, 3.05) is 0 Å². The Labute approximate surface area is 158 Å². The summed E-state index contributed by atoms with van der Waals surface area (Å²) in [7, 11) is 0. The summed E-state index contributed by atoms with van der Waals surface area (Å²) in [4.78, 5) is 25.2. The number of phenols is 1. The predicted octanol–water partition coefficient (Wildman–Crippen LogP) is 3.52. The van der Waals surface area contributed by atoms with Gasteiger partial charge >= 0.3 is 0 Å². The minimum atomic E-state index is -0.487. The Kier molecular flexibility index (Phi) is 5.56. The summed E-state index contributed by atoms with van der Waals surface area (Å²) in [6, 6.07) is 5.95. The summed E-state index contributed by atoms with van der Waals surface area (Å²) in [5.41, 5.74) is -0.0987. The van der Waals surface area contributed by atoms with Gasteiger partial charge in [0.25, 0.3) is 5.91 Å². The maximum absolute atomic E-state index is 12.7. The van der Waals surface area contributed by atoms with Crippen LogP contribution in [0.3, 0.4) is 0 Å². The van der Waals surface area contributed by atoms with Crippen molar-refractivity contribution < 1.29 is 19.1 Å². The summed E-state index contributed by atoms with van der Waals surface area (Å²) in [5.74, 6) is -1.07. The third-order valence-corrected chi connectivity index (χ3v) is 4.99. The van der Waals surface area contributed by atoms with Crippen LogP contribution in [-0.2, 0) is 0 Å². The van der Waals surface area contributed by atoms with Crippen LogP contribution in [0.15, 0.2) is 39.4 Å². The van der Waals surface area contributed by atoms with E-state index in [1.807, 2.05) is 0 Å². The van der Waals surface area contributed by atoms with E-state index in [9.17, 15) is 14.7 Å². The number of amides is 1. The van der Waals surface area contributed by atoms with Gasteiger partial charge < -0.3 is 14.8 Å². The highest BCUT2D eigenvalue weighted by Crippen LogP contribution is 2.24. The molecule has 1 heterocycles. The van der Waals surface area contributed by atoms with E-state index in [1.165, 1.54) is 24.6 Å². The molecule has 6 nitrogen and oxygen atoms in total. The number of rotatable bonds is 4. The van der Waals surface area contributed by atoms with Gasteiger partial charge in [-0.3, -0.25) is 15.0 Å². The Morgan fingerprint density at radius 2 is 1.88 bits per heavy atom. The van der Waals surface area contributed by atoms with E-state index >= 15 is 0 Å². The normalized spacial score (nSPS) is 14.8. The average Bonchev–Trinajstić information content (AvgIpc) is 2.64. The molecular formula is C19H19BrN2O4. The number of hydrogen-bond donors (Lipinski definition) is 3. The lowest BCUT2D eigenvalue weighted by atomic mass is 9.95. The summed E-state index contributed by atoms with van der Waals surface area (Å²) in [6.07, 6.45) is 6.28. The van der Waals surface area contributed by atoms with Gasteiger partial charge in [-0.2, -0.15) is 0 Å². The molecule has 26 heavy (non-hydrogen) atoms.